The molecule has 2 aromatic rings. The second-order valence-electron chi connectivity index (χ2n) is 6.40. The van der Waals surface area contributed by atoms with Gasteiger partial charge in [0.2, 0.25) is 0 Å². The molecule has 0 saturated heterocycles. The fourth-order valence-electron chi connectivity index (χ4n) is 3.04. The maximum atomic E-state index is 5.85. The number of aromatic nitrogens is 4. The molecule has 1 aromatic heterocycles. The van der Waals surface area contributed by atoms with Crippen LogP contribution in [0.5, 0.6) is 0 Å². The number of nitrogens with two attached hydrogens (primary N) is 2. The minimum Gasteiger partial charge on any atom is -0.399 e. The van der Waals surface area contributed by atoms with Crippen molar-refractivity contribution in [1.29, 1.82) is 0 Å². The Bertz CT molecular complexity index is 610. The summed E-state index contributed by atoms with van der Waals surface area (Å²) < 4.78 is 1.92. The number of tetrazole rings is 1. The van der Waals surface area contributed by atoms with E-state index in [-0.39, 0.29) is 0 Å². The molecule has 1 heterocycles. The van der Waals surface area contributed by atoms with Crippen LogP contribution in [0, 0.1) is 5.41 Å². The van der Waals surface area contributed by atoms with Gasteiger partial charge in [0.05, 0.1) is 6.04 Å². The minimum absolute atomic E-state index is 0.345. The number of hydrogen-bond donors (Lipinski definition) is 2. The van der Waals surface area contributed by atoms with Crippen LogP contribution in [0.4, 0.5) is 11.4 Å². The van der Waals surface area contributed by atoms with Gasteiger partial charge in [-0.05, 0) is 53.3 Å². The summed E-state index contributed by atoms with van der Waals surface area (Å²) in [7, 11) is 0. The first-order valence-electron chi connectivity index (χ1n) is 6.89. The minimum atomic E-state index is 0.345. The van der Waals surface area contributed by atoms with Crippen LogP contribution in [0.15, 0.2) is 18.2 Å². The lowest BCUT2D eigenvalue weighted by atomic mass is 9.92. The molecule has 1 atom stereocenters. The van der Waals surface area contributed by atoms with E-state index in [1.807, 2.05) is 16.8 Å². The fraction of sp³-hybridized carbons (Fsp3) is 0.500. The summed E-state index contributed by atoms with van der Waals surface area (Å²) in [4.78, 5) is 0. The van der Waals surface area contributed by atoms with Gasteiger partial charge in [-0.15, -0.1) is 5.10 Å². The Kier molecular flexibility index (Phi) is 2.88. The van der Waals surface area contributed by atoms with Gasteiger partial charge in [-0.3, -0.25) is 0 Å². The molecule has 106 valence electrons. The summed E-state index contributed by atoms with van der Waals surface area (Å²) in [5.74, 6) is 0.742. The molecular formula is C14H20N6. The Morgan fingerprint density at radius 1 is 1.20 bits per heavy atom. The Morgan fingerprint density at radius 3 is 2.50 bits per heavy atom. The maximum absolute atomic E-state index is 5.85. The first-order valence-corrected chi connectivity index (χ1v) is 6.89. The van der Waals surface area contributed by atoms with Crippen molar-refractivity contribution in [2.45, 2.75) is 39.2 Å². The number of rotatable bonds is 2. The number of hydrogen-bond acceptors (Lipinski definition) is 5. The largest absolute Gasteiger partial charge is 0.399 e. The summed E-state index contributed by atoms with van der Waals surface area (Å²) in [5.41, 5.74) is 14.2. The number of benzene rings is 1. The quantitative estimate of drug-likeness (QED) is 0.817. The monoisotopic (exact) mass is 272 g/mol. The van der Waals surface area contributed by atoms with Gasteiger partial charge in [0.15, 0.2) is 5.82 Å². The molecule has 20 heavy (non-hydrogen) atoms. The molecular weight excluding hydrogens is 252 g/mol. The van der Waals surface area contributed by atoms with E-state index in [0.29, 0.717) is 22.8 Å². The Balaban J connectivity index is 1.98. The van der Waals surface area contributed by atoms with Crippen LogP contribution < -0.4 is 11.5 Å². The fourth-order valence-corrected chi connectivity index (χ4v) is 3.04. The second kappa shape index (κ2) is 4.47. The van der Waals surface area contributed by atoms with Gasteiger partial charge in [-0.1, -0.05) is 13.8 Å². The smallest absolute Gasteiger partial charge is 0.182 e. The van der Waals surface area contributed by atoms with E-state index in [1.54, 1.807) is 6.07 Å². The Labute approximate surface area is 118 Å². The standard InChI is InChI=1S/C14H20N6/c1-14(2)4-3-12(8-14)20-13(17-18-19-20)9-5-10(15)7-11(16)6-9/h5-7,12H,3-4,8,15-16H2,1-2H3. The second-order valence-corrected chi connectivity index (χ2v) is 6.40. The molecule has 3 rings (SSSR count). The van der Waals surface area contributed by atoms with Crippen LogP contribution >= 0.6 is 0 Å². The SMILES string of the molecule is CC1(C)CCC(n2nnnc2-c2cc(N)cc(N)c2)C1. The van der Waals surface area contributed by atoms with Crippen molar-refractivity contribution >= 4 is 11.4 Å². The molecule has 1 aliphatic carbocycles. The van der Waals surface area contributed by atoms with Crippen LogP contribution in [0.3, 0.4) is 0 Å². The maximum Gasteiger partial charge on any atom is 0.182 e. The highest BCUT2D eigenvalue weighted by atomic mass is 15.5. The molecule has 0 radical (unpaired) electrons. The zero-order valence-electron chi connectivity index (χ0n) is 11.9. The average molecular weight is 272 g/mol. The molecule has 1 aliphatic rings. The summed E-state index contributed by atoms with van der Waals surface area (Å²) in [6.45, 7) is 4.57. The molecule has 1 unspecified atom stereocenters. The third kappa shape index (κ3) is 2.33. The van der Waals surface area contributed by atoms with Crippen molar-refractivity contribution in [1.82, 2.24) is 20.2 Å². The Hall–Kier alpha value is -2.11. The predicted octanol–water partition coefficient (Wildman–Crippen LogP) is 2.26. The van der Waals surface area contributed by atoms with Gasteiger partial charge >= 0.3 is 0 Å². The summed E-state index contributed by atoms with van der Waals surface area (Å²) in [6.07, 6.45) is 3.38. The van der Waals surface area contributed by atoms with E-state index >= 15 is 0 Å². The summed E-state index contributed by atoms with van der Waals surface area (Å²) >= 11 is 0. The van der Waals surface area contributed by atoms with Gasteiger partial charge in [0.1, 0.15) is 0 Å². The molecule has 1 aromatic carbocycles. The molecule has 0 spiro atoms. The zero-order chi connectivity index (χ0) is 14.3. The highest BCUT2D eigenvalue weighted by Crippen LogP contribution is 2.44. The Morgan fingerprint density at radius 2 is 1.90 bits per heavy atom. The van der Waals surface area contributed by atoms with Crippen LogP contribution in [0.1, 0.15) is 39.2 Å². The first-order chi connectivity index (χ1) is 9.44. The summed E-state index contributed by atoms with van der Waals surface area (Å²) in [6, 6.07) is 5.80. The van der Waals surface area contributed by atoms with Crippen LogP contribution in [0.2, 0.25) is 0 Å². The van der Waals surface area contributed by atoms with Gasteiger partial charge in [-0.25, -0.2) is 4.68 Å². The van der Waals surface area contributed by atoms with Crippen molar-refractivity contribution < 1.29 is 0 Å². The van der Waals surface area contributed by atoms with E-state index in [0.717, 1.165) is 24.2 Å². The molecule has 1 fully saturated rings. The van der Waals surface area contributed by atoms with E-state index in [1.165, 1.54) is 6.42 Å². The third-order valence-corrected chi connectivity index (χ3v) is 4.02. The number of nitrogen functional groups attached to an aromatic ring is 2. The van der Waals surface area contributed by atoms with E-state index in [9.17, 15) is 0 Å². The molecule has 6 nitrogen and oxygen atoms in total. The topological polar surface area (TPSA) is 95.6 Å². The van der Waals surface area contributed by atoms with E-state index < -0.39 is 0 Å². The molecule has 4 N–H and O–H groups in total. The molecule has 6 heteroatoms. The highest BCUT2D eigenvalue weighted by molar-refractivity contribution is 5.67. The molecule has 0 aliphatic heterocycles. The van der Waals surface area contributed by atoms with Crippen molar-refractivity contribution in [3.05, 3.63) is 18.2 Å². The molecule has 1 saturated carbocycles. The van der Waals surface area contributed by atoms with Crippen molar-refractivity contribution in [3.63, 3.8) is 0 Å². The lowest BCUT2D eigenvalue weighted by molar-refractivity contribution is 0.349. The molecule has 0 amide bonds. The van der Waals surface area contributed by atoms with E-state index in [4.69, 9.17) is 11.5 Å². The normalized spacial score (nSPS) is 21.2. The lowest BCUT2D eigenvalue weighted by Crippen LogP contribution is -2.12. The van der Waals surface area contributed by atoms with Gasteiger partial charge in [-0.2, -0.15) is 0 Å². The van der Waals surface area contributed by atoms with E-state index in [2.05, 4.69) is 29.4 Å². The third-order valence-electron chi connectivity index (χ3n) is 4.02. The average Bonchev–Trinajstić information content (AvgIpc) is 2.93. The number of nitrogens with zero attached hydrogens (tertiary/aromatic N) is 4. The van der Waals surface area contributed by atoms with Crippen molar-refractivity contribution in [2.75, 3.05) is 11.5 Å². The highest BCUT2D eigenvalue weighted by Gasteiger charge is 2.34. The zero-order valence-corrected chi connectivity index (χ0v) is 11.9. The van der Waals surface area contributed by atoms with Crippen molar-refractivity contribution in [3.8, 4) is 11.4 Å². The van der Waals surface area contributed by atoms with Gasteiger partial charge in [0.25, 0.3) is 0 Å². The van der Waals surface area contributed by atoms with Crippen LogP contribution in [-0.2, 0) is 0 Å². The lowest BCUT2D eigenvalue weighted by Gasteiger charge is -2.17. The number of anilines is 2. The van der Waals surface area contributed by atoms with Gasteiger partial charge < -0.3 is 11.5 Å². The van der Waals surface area contributed by atoms with Crippen molar-refractivity contribution in [2.24, 2.45) is 5.41 Å². The van der Waals surface area contributed by atoms with Crippen LogP contribution in [-0.4, -0.2) is 20.2 Å². The van der Waals surface area contributed by atoms with Gasteiger partial charge in [0, 0.05) is 16.9 Å². The first kappa shape index (κ1) is 12.9. The summed E-state index contributed by atoms with van der Waals surface area (Å²) in [5, 5.41) is 12.2. The molecule has 0 bridgehead atoms. The van der Waals surface area contributed by atoms with Crippen LogP contribution in [0.25, 0.3) is 11.4 Å². The predicted molar refractivity (Wildman–Crippen MR) is 78.7 cm³/mol.